The predicted molar refractivity (Wildman–Crippen MR) is 102 cm³/mol. The van der Waals surface area contributed by atoms with Crippen LogP contribution < -0.4 is 25.0 Å². The minimum atomic E-state index is -0.0365. The Hall–Kier alpha value is -2.89. The second-order valence-electron chi connectivity index (χ2n) is 5.74. The zero-order valence-corrected chi connectivity index (χ0v) is 15.1. The van der Waals surface area contributed by atoms with Gasteiger partial charge in [-0.25, -0.2) is 0 Å². The Labute approximate surface area is 148 Å². The van der Waals surface area contributed by atoms with E-state index in [1.807, 2.05) is 61.5 Å². The number of rotatable bonds is 8. The van der Waals surface area contributed by atoms with Crippen LogP contribution in [0.5, 0.6) is 11.5 Å². The molecule has 0 saturated carbocycles. The molecule has 2 aromatic carbocycles. The lowest BCUT2D eigenvalue weighted by Crippen LogP contribution is -2.16. The van der Waals surface area contributed by atoms with E-state index in [-0.39, 0.29) is 5.91 Å². The van der Waals surface area contributed by atoms with Crippen LogP contribution in [0.25, 0.3) is 0 Å². The predicted octanol–water partition coefficient (Wildman–Crippen LogP) is 3.21. The molecule has 0 aliphatic heterocycles. The quantitative estimate of drug-likeness (QED) is 0.771. The number of nitrogens with one attached hydrogen (secondary N) is 2. The molecule has 1 amide bonds. The van der Waals surface area contributed by atoms with Crippen molar-refractivity contribution in [3.05, 3.63) is 42.5 Å². The van der Waals surface area contributed by atoms with Gasteiger partial charge in [-0.15, -0.1) is 0 Å². The van der Waals surface area contributed by atoms with Crippen molar-refractivity contribution in [2.45, 2.75) is 6.42 Å². The highest BCUT2D eigenvalue weighted by atomic mass is 16.5. The van der Waals surface area contributed by atoms with Gasteiger partial charge >= 0.3 is 0 Å². The second-order valence-corrected chi connectivity index (χ2v) is 5.74. The fourth-order valence-electron chi connectivity index (χ4n) is 2.33. The van der Waals surface area contributed by atoms with Crippen molar-refractivity contribution in [2.75, 3.05) is 50.4 Å². The normalized spacial score (nSPS) is 10.1. The van der Waals surface area contributed by atoms with Crippen molar-refractivity contribution in [3.63, 3.8) is 0 Å². The number of hydrogen-bond acceptors (Lipinski definition) is 5. The molecule has 0 spiro atoms. The smallest absolute Gasteiger partial charge is 0.226 e. The first-order chi connectivity index (χ1) is 12.0. The van der Waals surface area contributed by atoms with Gasteiger partial charge < -0.3 is 25.0 Å². The summed E-state index contributed by atoms with van der Waals surface area (Å²) in [6.45, 7) is 0.525. The molecule has 6 heteroatoms. The highest BCUT2D eigenvalue weighted by molar-refractivity contribution is 5.91. The summed E-state index contributed by atoms with van der Waals surface area (Å²) in [6.07, 6.45) is 0.365. The minimum absolute atomic E-state index is 0.0365. The van der Waals surface area contributed by atoms with E-state index in [1.54, 1.807) is 14.2 Å². The first-order valence-electron chi connectivity index (χ1n) is 8.06. The van der Waals surface area contributed by atoms with Crippen LogP contribution in [0, 0.1) is 0 Å². The molecular weight excluding hydrogens is 318 g/mol. The van der Waals surface area contributed by atoms with E-state index >= 15 is 0 Å². The lowest BCUT2D eigenvalue weighted by Gasteiger charge is -2.13. The van der Waals surface area contributed by atoms with Crippen LogP contribution in [0.4, 0.5) is 17.1 Å². The third kappa shape index (κ3) is 5.31. The summed E-state index contributed by atoms with van der Waals surface area (Å²) in [6, 6.07) is 13.3. The second kappa shape index (κ2) is 8.82. The summed E-state index contributed by atoms with van der Waals surface area (Å²) in [7, 11) is 7.15. The molecule has 2 rings (SSSR count). The summed E-state index contributed by atoms with van der Waals surface area (Å²) in [5.74, 6) is 1.29. The van der Waals surface area contributed by atoms with E-state index < -0.39 is 0 Å². The van der Waals surface area contributed by atoms with Crippen molar-refractivity contribution in [3.8, 4) is 11.5 Å². The molecule has 0 fully saturated rings. The van der Waals surface area contributed by atoms with Gasteiger partial charge in [-0.05, 0) is 36.4 Å². The molecule has 0 saturated heterocycles. The van der Waals surface area contributed by atoms with E-state index in [0.29, 0.717) is 24.5 Å². The maximum Gasteiger partial charge on any atom is 0.226 e. The number of carbonyl (C=O) groups is 1. The van der Waals surface area contributed by atoms with Crippen LogP contribution in [0.3, 0.4) is 0 Å². The molecule has 0 radical (unpaired) electrons. The largest absolute Gasteiger partial charge is 0.493 e. The molecule has 6 nitrogen and oxygen atoms in total. The molecule has 0 aliphatic carbocycles. The average molecular weight is 343 g/mol. The number of ether oxygens (including phenoxy) is 2. The van der Waals surface area contributed by atoms with Crippen LogP contribution >= 0.6 is 0 Å². The van der Waals surface area contributed by atoms with Gasteiger partial charge in [-0.3, -0.25) is 4.79 Å². The zero-order valence-electron chi connectivity index (χ0n) is 15.1. The van der Waals surface area contributed by atoms with Gasteiger partial charge in [0, 0.05) is 50.2 Å². The summed E-state index contributed by atoms with van der Waals surface area (Å²) in [5, 5.41) is 6.10. The number of benzene rings is 2. The fraction of sp³-hybridized carbons (Fsp3) is 0.316. The molecule has 0 unspecified atom stereocenters. The molecule has 0 bridgehead atoms. The Bertz CT molecular complexity index is 700. The van der Waals surface area contributed by atoms with Crippen molar-refractivity contribution in [2.24, 2.45) is 0 Å². The van der Waals surface area contributed by atoms with Crippen molar-refractivity contribution in [1.29, 1.82) is 0 Å². The van der Waals surface area contributed by atoms with E-state index in [9.17, 15) is 4.79 Å². The molecule has 2 N–H and O–H groups in total. The van der Waals surface area contributed by atoms with E-state index in [4.69, 9.17) is 9.47 Å². The van der Waals surface area contributed by atoms with Crippen LogP contribution in [0.15, 0.2) is 42.5 Å². The molecule has 0 heterocycles. The Morgan fingerprint density at radius 1 is 0.960 bits per heavy atom. The van der Waals surface area contributed by atoms with E-state index in [1.165, 1.54) is 0 Å². The van der Waals surface area contributed by atoms with Gasteiger partial charge in [0.1, 0.15) is 0 Å². The Balaban J connectivity index is 1.82. The lowest BCUT2D eigenvalue weighted by atomic mass is 10.2. The standard InChI is InChI=1S/C19H25N3O3/c1-22(2)16-8-5-14(6-9-16)21-19(23)11-12-20-15-7-10-17(24-3)18(13-15)25-4/h5-10,13,20H,11-12H2,1-4H3,(H,21,23). The van der Waals surface area contributed by atoms with Gasteiger partial charge in [-0.2, -0.15) is 0 Å². The first-order valence-corrected chi connectivity index (χ1v) is 8.06. The Morgan fingerprint density at radius 2 is 1.60 bits per heavy atom. The number of anilines is 3. The van der Waals surface area contributed by atoms with Crippen LogP contribution in [0.1, 0.15) is 6.42 Å². The molecule has 0 atom stereocenters. The fourth-order valence-corrected chi connectivity index (χ4v) is 2.33. The van der Waals surface area contributed by atoms with Gasteiger partial charge in [0.05, 0.1) is 14.2 Å². The van der Waals surface area contributed by atoms with Crippen LogP contribution in [-0.2, 0) is 4.79 Å². The Kier molecular flexibility index (Phi) is 6.51. The third-order valence-electron chi connectivity index (χ3n) is 3.73. The average Bonchev–Trinajstić information content (AvgIpc) is 2.62. The maximum absolute atomic E-state index is 12.0. The minimum Gasteiger partial charge on any atom is -0.493 e. The highest BCUT2D eigenvalue weighted by Crippen LogP contribution is 2.29. The van der Waals surface area contributed by atoms with Crippen molar-refractivity contribution in [1.82, 2.24) is 0 Å². The molecule has 2 aromatic rings. The topological polar surface area (TPSA) is 62.8 Å². The summed E-state index contributed by atoms with van der Waals surface area (Å²) >= 11 is 0. The maximum atomic E-state index is 12.0. The van der Waals surface area contributed by atoms with Crippen LogP contribution in [-0.4, -0.2) is 40.8 Å². The summed E-state index contributed by atoms with van der Waals surface area (Å²) < 4.78 is 10.5. The monoisotopic (exact) mass is 343 g/mol. The molecule has 25 heavy (non-hydrogen) atoms. The number of carbonyl (C=O) groups excluding carboxylic acids is 1. The number of nitrogens with zero attached hydrogens (tertiary/aromatic N) is 1. The van der Waals surface area contributed by atoms with Gasteiger partial charge in [-0.1, -0.05) is 0 Å². The molecular formula is C19H25N3O3. The highest BCUT2D eigenvalue weighted by Gasteiger charge is 2.06. The number of amides is 1. The summed E-state index contributed by atoms with van der Waals surface area (Å²) in [4.78, 5) is 14.1. The molecule has 0 aromatic heterocycles. The van der Waals surface area contributed by atoms with Crippen LogP contribution in [0.2, 0.25) is 0 Å². The van der Waals surface area contributed by atoms with Crippen molar-refractivity contribution < 1.29 is 14.3 Å². The zero-order chi connectivity index (χ0) is 18.2. The van der Waals surface area contributed by atoms with Gasteiger partial charge in [0.15, 0.2) is 11.5 Å². The van der Waals surface area contributed by atoms with Gasteiger partial charge in [0.25, 0.3) is 0 Å². The van der Waals surface area contributed by atoms with E-state index in [0.717, 1.165) is 17.1 Å². The lowest BCUT2D eigenvalue weighted by molar-refractivity contribution is -0.115. The summed E-state index contributed by atoms with van der Waals surface area (Å²) in [5.41, 5.74) is 2.76. The third-order valence-corrected chi connectivity index (χ3v) is 3.73. The van der Waals surface area contributed by atoms with Crippen molar-refractivity contribution >= 4 is 23.0 Å². The molecule has 134 valence electrons. The Morgan fingerprint density at radius 3 is 2.20 bits per heavy atom. The molecule has 0 aliphatic rings. The number of methoxy groups -OCH3 is 2. The SMILES string of the molecule is COc1ccc(NCCC(=O)Nc2ccc(N(C)C)cc2)cc1OC. The number of hydrogen-bond donors (Lipinski definition) is 2. The van der Waals surface area contributed by atoms with Gasteiger partial charge in [0.2, 0.25) is 5.91 Å². The van der Waals surface area contributed by atoms with E-state index in [2.05, 4.69) is 10.6 Å². The first kappa shape index (κ1) is 18.4.